The fourth-order valence-corrected chi connectivity index (χ4v) is 3.15. The lowest BCUT2D eigenvalue weighted by atomic mass is 10.3. The number of aromatic nitrogens is 1. The van der Waals surface area contributed by atoms with Crippen LogP contribution in [0.1, 0.15) is 0 Å². The van der Waals surface area contributed by atoms with Crippen LogP contribution in [-0.2, 0) is 0 Å². The highest BCUT2D eigenvalue weighted by atomic mass is 35.5. The Labute approximate surface area is 130 Å². The van der Waals surface area contributed by atoms with E-state index in [0.29, 0.717) is 10.0 Å². The van der Waals surface area contributed by atoms with E-state index in [0.717, 1.165) is 26.8 Å². The van der Waals surface area contributed by atoms with Crippen molar-refractivity contribution in [1.29, 1.82) is 0 Å². The molecule has 0 saturated carbocycles. The minimum Gasteiger partial charge on any atom is -0.497 e. The first-order chi connectivity index (χ1) is 9.65. The van der Waals surface area contributed by atoms with Gasteiger partial charge in [-0.25, -0.2) is 4.98 Å². The van der Waals surface area contributed by atoms with Crippen LogP contribution < -0.4 is 10.1 Å². The zero-order valence-corrected chi connectivity index (χ0v) is 12.8. The Morgan fingerprint density at radius 1 is 1.15 bits per heavy atom. The molecule has 0 amide bonds. The molecular weight excluding hydrogens is 315 g/mol. The predicted octanol–water partition coefficient (Wildman–Crippen LogP) is 5.36. The summed E-state index contributed by atoms with van der Waals surface area (Å²) in [6.07, 6.45) is 0. The summed E-state index contributed by atoms with van der Waals surface area (Å²) in [5, 5.41) is 5.15. The Hall–Kier alpha value is -1.49. The lowest BCUT2D eigenvalue weighted by Crippen LogP contribution is -1.89. The van der Waals surface area contributed by atoms with Crippen molar-refractivity contribution in [3.8, 4) is 5.75 Å². The highest BCUT2D eigenvalue weighted by Gasteiger charge is 2.07. The van der Waals surface area contributed by atoms with E-state index in [4.69, 9.17) is 27.9 Å². The molecule has 102 valence electrons. The molecule has 3 aromatic rings. The molecule has 3 nitrogen and oxygen atoms in total. The highest BCUT2D eigenvalue weighted by molar-refractivity contribution is 7.22. The SMILES string of the molecule is COc1ccc2nc(Nc3ccc(Cl)cc3Cl)sc2c1. The van der Waals surface area contributed by atoms with E-state index in [1.54, 1.807) is 30.6 Å². The molecular formula is C14H10Cl2N2OS. The third-order valence-corrected chi connectivity index (χ3v) is 4.25. The molecule has 20 heavy (non-hydrogen) atoms. The van der Waals surface area contributed by atoms with Crippen molar-refractivity contribution in [3.63, 3.8) is 0 Å². The Bertz CT molecular complexity index is 773. The van der Waals surface area contributed by atoms with Gasteiger partial charge in [0.25, 0.3) is 0 Å². The molecule has 6 heteroatoms. The highest BCUT2D eigenvalue weighted by Crippen LogP contribution is 2.33. The van der Waals surface area contributed by atoms with E-state index in [-0.39, 0.29) is 0 Å². The van der Waals surface area contributed by atoms with E-state index in [9.17, 15) is 0 Å². The van der Waals surface area contributed by atoms with Crippen molar-refractivity contribution in [2.24, 2.45) is 0 Å². The molecule has 3 rings (SSSR count). The normalized spacial score (nSPS) is 10.8. The fourth-order valence-electron chi connectivity index (χ4n) is 1.79. The van der Waals surface area contributed by atoms with Gasteiger partial charge in [0.05, 0.1) is 28.0 Å². The first-order valence-corrected chi connectivity index (χ1v) is 7.39. The molecule has 2 aromatic carbocycles. The van der Waals surface area contributed by atoms with Gasteiger partial charge in [-0.3, -0.25) is 0 Å². The summed E-state index contributed by atoms with van der Waals surface area (Å²) >= 11 is 13.6. The quantitative estimate of drug-likeness (QED) is 0.704. The number of ether oxygens (including phenoxy) is 1. The minimum absolute atomic E-state index is 0.564. The van der Waals surface area contributed by atoms with Crippen molar-refractivity contribution < 1.29 is 4.74 Å². The van der Waals surface area contributed by atoms with Crippen LogP contribution in [0.5, 0.6) is 5.75 Å². The Morgan fingerprint density at radius 3 is 2.75 bits per heavy atom. The Balaban J connectivity index is 1.94. The summed E-state index contributed by atoms with van der Waals surface area (Å²) in [4.78, 5) is 4.51. The number of benzene rings is 2. The monoisotopic (exact) mass is 324 g/mol. The molecule has 0 aliphatic rings. The van der Waals surface area contributed by atoms with Gasteiger partial charge in [-0.05, 0) is 36.4 Å². The average Bonchev–Trinajstić information content (AvgIpc) is 2.83. The van der Waals surface area contributed by atoms with Gasteiger partial charge in [0, 0.05) is 5.02 Å². The number of halogens is 2. The number of rotatable bonds is 3. The Kier molecular flexibility index (Phi) is 3.70. The summed E-state index contributed by atoms with van der Waals surface area (Å²) in [6, 6.07) is 11.1. The lowest BCUT2D eigenvalue weighted by molar-refractivity contribution is 0.415. The first-order valence-electron chi connectivity index (χ1n) is 5.82. The minimum atomic E-state index is 0.564. The van der Waals surface area contributed by atoms with Gasteiger partial charge in [0.1, 0.15) is 5.75 Å². The van der Waals surface area contributed by atoms with Gasteiger partial charge in [-0.2, -0.15) is 0 Å². The summed E-state index contributed by atoms with van der Waals surface area (Å²) < 4.78 is 6.26. The van der Waals surface area contributed by atoms with Crippen LogP contribution in [0.25, 0.3) is 10.2 Å². The largest absolute Gasteiger partial charge is 0.497 e. The predicted molar refractivity (Wildman–Crippen MR) is 85.9 cm³/mol. The number of nitrogens with zero attached hydrogens (tertiary/aromatic N) is 1. The molecule has 0 spiro atoms. The standard InChI is InChI=1S/C14H10Cl2N2OS/c1-19-9-3-5-12-13(7-9)20-14(18-12)17-11-4-2-8(15)6-10(11)16/h2-7H,1H3,(H,17,18). The maximum absolute atomic E-state index is 6.14. The van der Waals surface area contributed by atoms with Crippen LogP contribution in [0, 0.1) is 0 Å². The zero-order chi connectivity index (χ0) is 14.1. The third kappa shape index (κ3) is 2.68. The van der Waals surface area contributed by atoms with Crippen molar-refractivity contribution in [1.82, 2.24) is 4.98 Å². The first kappa shape index (κ1) is 13.5. The van der Waals surface area contributed by atoms with E-state index in [1.165, 1.54) is 0 Å². The molecule has 1 heterocycles. The fraction of sp³-hybridized carbons (Fsp3) is 0.0714. The number of anilines is 2. The molecule has 0 unspecified atom stereocenters. The molecule has 0 bridgehead atoms. The molecule has 0 aliphatic heterocycles. The Morgan fingerprint density at radius 2 is 2.00 bits per heavy atom. The summed E-state index contributed by atoms with van der Waals surface area (Å²) in [5.74, 6) is 0.817. The molecule has 0 aliphatic carbocycles. The smallest absolute Gasteiger partial charge is 0.188 e. The van der Waals surface area contributed by atoms with Gasteiger partial charge in [0.15, 0.2) is 5.13 Å². The van der Waals surface area contributed by atoms with Crippen LogP contribution >= 0.6 is 34.5 Å². The van der Waals surface area contributed by atoms with Gasteiger partial charge in [-0.1, -0.05) is 34.5 Å². The number of nitrogens with one attached hydrogen (secondary N) is 1. The summed E-state index contributed by atoms with van der Waals surface area (Å²) in [6.45, 7) is 0. The molecule has 0 atom stereocenters. The van der Waals surface area contributed by atoms with Gasteiger partial charge < -0.3 is 10.1 Å². The number of hydrogen-bond acceptors (Lipinski definition) is 4. The molecule has 1 N–H and O–H groups in total. The molecule has 1 aromatic heterocycles. The van der Waals surface area contributed by atoms with E-state index in [1.807, 2.05) is 24.3 Å². The average molecular weight is 325 g/mol. The van der Waals surface area contributed by atoms with Gasteiger partial charge >= 0.3 is 0 Å². The van der Waals surface area contributed by atoms with Crippen molar-refractivity contribution in [2.45, 2.75) is 0 Å². The van der Waals surface area contributed by atoms with E-state index < -0.39 is 0 Å². The van der Waals surface area contributed by atoms with Crippen molar-refractivity contribution in [3.05, 3.63) is 46.4 Å². The second kappa shape index (κ2) is 5.48. The van der Waals surface area contributed by atoms with Crippen LogP contribution in [0.3, 0.4) is 0 Å². The third-order valence-electron chi connectivity index (χ3n) is 2.77. The summed E-state index contributed by atoms with van der Waals surface area (Å²) in [7, 11) is 1.65. The van der Waals surface area contributed by atoms with E-state index in [2.05, 4.69) is 10.3 Å². The van der Waals surface area contributed by atoms with Crippen LogP contribution in [0.15, 0.2) is 36.4 Å². The van der Waals surface area contributed by atoms with Crippen LogP contribution in [0.4, 0.5) is 10.8 Å². The van der Waals surface area contributed by atoms with Crippen molar-refractivity contribution >= 4 is 55.6 Å². The topological polar surface area (TPSA) is 34.1 Å². The van der Waals surface area contributed by atoms with Crippen molar-refractivity contribution in [2.75, 3.05) is 12.4 Å². The van der Waals surface area contributed by atoms with Crippen LogP contribution in [0.2, 0.25) is 10.0 Å². The zero-order valence-electron chi connectivity index (χ0n) is 10.5. The summed E-state index contributed by atoms with van der Waals surface area (Å²) in [5.41, 5.74) is 1.70. The second-order valence-corrected chi connectivity index (χ2v) is 5.98. The number of hydrogen-bond donors (Lipinski definition) is 1. The number of thiazole rings is 1. The molecule has 0 fully saturated rings. The maximum Gasteiger partial charge on any atom is 0.188 e. The van der Waals surface area contributed by atoms with Gasteiger partial charge in [-0.15, -0.1) is 0 Å². The second-order valence-electron chi connectivity index (χ2n) is 4.10. The van der Waals surface area contributed by atoms with E-state index >= 15 is 0 Å². The maximum atomic E-state index is 6.14. The van der Waals surface area contributed by atoms with Gasteiger partial charge in [0.2, 0.25) is 0 Å². The number of methoxy groups -OCH3 is 1. The molecule has 0 radical (unpaired) electrons. The number of fused-ring (bicyclic) bond motifs is 1. The lowest BCUT2D eigenvalue weighted by Gasteiger charge is -2.04. The molecule has 0 saturated heterocycles. The van der Waals surface area contributed by atoms with Crippen LogP contribution in [-0.4, -0.2) is 12.1 Å².